The lowest BCUT2D eigenvalue weighted by atomic mass is 10.1. The van der Waals surface area contributed by atoms with Gasteiger partial charge in [-0.25, -0.2) is 0 Å². The Kier molecular flexibility index (Phi) is 6.10. The van der Waals surface area contributed by atoms with Gasteiger partial charge in [-0.1, -0.05) is 24.3 Å². The molecule has 1 aromatic heterocycles. The predicted molar refractivity (Wildman–Crippen MR) is 128 cm³/mol. The van der Waals surface area contributed by atoms with Crippen molar-refractivity contribution in [2.45, 2.75) is 20.0 Å². The van der Waals surface area contributed by atoms with Gasteiger partial charge in [0, 0.05) is 13.1 Å². The van der Waals surface area contributed by atoms with Crippen LogP contribution < -0.4 is 24.4 Å². The minimum atomic E-state index is -0.248. The van der Waals surface area contributed by atoms with Gasteiger partial charge < -0.3 is 23.4 Å². The highest BCUT2D eigenvalue weighted by molar-refractivity contribution is 5.83. The molecule has 2 heterocycles. The van der Waals surface area contributed by atoms with Crippen LogP contribution in [-0.4, -0.2) is 25.3 Å². The van der Waals surface area contributed by atoms with Crippen LogP contribution in [-0.2, 0) is 13.1 Å². The van der Waals surface area contributed by atoms with Gasteiger partial charge in [-0.3, -0.25) is 9.69 Å². The average Bonchev–Trinajstić information content (AvgIpc) is 2.87. The Balaban J connectivity index is 1.42. The van der Waals surface area contributed by atoms with Crippen molar-refractivity contribution in [2.24, 2.45) is 0 Å². The molecule has 7 heteroatoms. The summed E-state index contributed by atoms with van der Waals surface area (Å²) in [6.45, 7) is 4.12. The van der Waals surface area contributed by atoms with Crippen LogP contribution in [0.15, 0.2) is 76.1 Å². The first-order chi connectivity index (χ1) is 16.7. The second kappa shape index (κ2) is 9.49. The van der Waals surface area contributed by atoms with Crippen LogP contribution in [0.4, 0.5) is 0 Å². The lowest BCUT2D eigenvalue weighted by molar-refractivity contribution is 0.0890. The molecule has 0 unspecified atom stereocenters. The van der Waals surface area contributed by atoms with Crippen molar-refractivity contribution in [3.63, 3.8) is 0 Å². The first kappa shape index (κ1) is 21.9. The van der Waals surface area contributed by atoms with E-state index in [1.54, 1.807) is 25.3 Å². The van der Waals surface area contributed by atoms with Gasteiger partial charge in [-0.2, -0.15) is 0 Å². The Morgan fingerprint density at radius 1 is 0.971 bits per heavy atom. The number of rotatable bonds is 7. The van der Waals surface area contributed by atoms with Gasteiger partial charge in [0.05, 0.1) is 24.7 Å². The van der Waals surface area contributed by atoms with E-state index in [-0.39, 0.29) is 11.2 Å². The van der Waals surface area contributed by atoms with Crippen molar-refractivity contribution in [2.75, 3.05) is 20.4 Å². The number of methoxy groups -OCH3 is 1. The summed E-state index contributed by atoms with van der Waals surface area (Å²) in [5, 5.41) is 0.444. The summed E-state index contributed by atoms with van der Waals surface area (Å²) in [5.74, 6) is 2.67. The van der Waals surface area contributed by atoms with Crippen LogP contribution in [0, 0.1) is 0 Å². The topological polar surface area (TPSA) is 70.4 Å². The van der Waals surface area contributed by atoms with E-state index >= 15 is 0 Å². The van der Waals surface area contributed by atoms with Gasteiger partial charge in [0.25, 0.3) is 0 Å². The van der Waals surface area contributed by atoms with Crippen molar-refractivity contribution in [1.82, 2.24) is 4.90 Å². The summed E-state index contributed by atoms with van der Waals surface area (Å²) in [5.41, 5.74) is 2.24. The molecular weight excluding hydrogens is 434 g/mol. The molecule has 0 aliphatic carbocycles. The maximum atomic E-state index is 13.2. The van der Waals surface area contributed by atoms with Crippen molar-refractivity contribution < 1.29 is 23.4 Å². The molecule has 34 heavy (non-hydrogen) atoms. The molecule has 0 radical (unpaired) electrons. The smallest absolute Gasteiger partial charge is 0.235 e. The normalized spacial score (nSPS) is 13.2. The molecule has 0 fully saturated rings. The molecule has 7 nitrogen and oxygen atoms in total. The van der Waals surface area contributed by atoms with Crippen molar-refractivity contribution in [3.05, 3.63) is 88.3 Å². The number of hydrogen-bond acceptors (Lipinski definition) is 7. The van der Waals surface area contributed by atoms with Crippen LogP contribution >= 0.6 is 0 Å². The molecule has 174 valence electrons. The highest BCUT2D eigenvalue weighted by Crippen LogP contribution is 2.34. The molecule has 3 aromatic carbocycles. The first-order valence-corrected chi connectivity index (χ1v) is 11.1. The van der Waals surface area contributed by atoms with E-state index in [1.807, 2.05) is 49.4 Å². The van der Waals surface area contributed by atoms with E-state index in [0.29, 0.717) is 48.9 Å². The largest absolute Gasteiger partial charge is 0.497 e. The zero-order valence-corrected chi connectivity index (χ0v) is 19.1. The standard InChI is InChI=1S/C27H25NO6/c1-3-31-23-6-4-5-7-24(23)34-25-16-32-27-20(26(25)29)12-13-22-21(27)15-28(17-33-22)14-18-8-10-19(30-2)11-9-18/h4-13,16H,3,14-15,17H2,1-2H3. The van der Waals surface area contributed by atoms with E-state index in [0.717, 1.165) is 22.6 Å². The Morgan fingerprint density at radius 2 is 1.76 bits per heavy atom. The Hall–Kier alpha value is -3.97. The molecule has 0 N–H and O–H groups in total. The summed E-state index contributed by atoms with van der Waals surface area (Å²) in [7, 11) is 1.65. The predicted octanol–water partition coefficient (Wildman–Crippen LogP) is 5.34. The van der Waals surface area contributed by atoms with Gasteiger partial charge >= 0.3 is 0 Å². The lowest BCUT2D eigenvalue weighted by Crippen LogP contribution is -2.31. The number of fused-ring (bicyclic) bond motifs is 3. The molecule has 1 aliphatic rings. The Labute approximate surface area is 197 Å². The summed E-state index contributed by atoms with van der Waals surface area (Å²) >= 11 is 0. The van der Waals surface area contributed by atoms with E-state index in [1.165, 1.54) is 6.26 Å². The fourth-order valence-corrected chi connectivity index (χ4v) is 4.03. The molecule has 0 amide bonds. The summed E-state index contributed by atoms with van der Waals surface area (Å²) in [4.78, 5) is 15.4. The van der Waals surface area contributed by atoms with E-state index in [9.17, 15) is 4.79 Å². The fraction of sp³-hybridized carbons (Fsp3) is 0.222. The fourth-order valence-electron chi connectivity index (χ4n) is 4.03. The van der Waals surface area contributed by atoms with Crippen LogP contribution in [0.2, 0.25) is 0 Å². The highest BCUT2D eigenvalue weighted by Gasteiger charge is 2.23. The molecule has 0 saturated heterocycles. The maximum absolute atomic E-state index is 13.2. The monoisotopic (exact) mass is 459 g/mol. The molecular formula is C27H25NO6. The Morgan fingerprint density at radius 3 is 2.53 bits per heavy atom. The van der Waals surface area contributed by atoms with Crippen LogP contribution in [0.25, 0.3) is 11.0 Å². The van der Waals surface area contributed by atoms with Gasteiger partial charge in [0.1, 0.15) is 30.1 Å². The van der Waals surface area contributed by atoms with E-state index in [4.69, 9.17) is 23.4 Å². The van der Waals surface area contributed by atoms with Crippen LogP contribution in [0.1, 0.15) is 18.1 Å². The summed E-state index contributed by atoms with van der Waals surface area (Å²) in [6, 6.07) is 18.7. The molecule has 4 aromatic rings. The first-order valence-electron chi connectivity index (χ1n) is 11.1. The number of hydrogen-bond donors (Lipinski definition) is 0. The minimum Gasteiger partial charge on any atom is -0.497 e. The molecule has 0 atom stereocenters. The van der Waals surface area contributed by atoms with Crippen LogP contribution in [0.3, 0.4) is 0 Å². The SMILES string of the molecule is CCOc1ccccc1Oc1coc2c3c(ccc2c1=O)OCN(Cc1ccc(OC)cc1)C3. The highest BCUT2D eigenvalue weighted by atomic mass is 16.5. The van der Waals surface area contributed by atoms with Gasteiger partial charge in [0.15, 0.2) is 11.5 Å². The summed E-state index contributed by atoms with van der Waals surface area (Å²) < 4.78 is 28.6. The number of para-hydroxylation sites is 2. The lowest BCUT2D eigenvalue weighted by Gasteiger charge is -2.29. The quantitative estimate of drug-likeness (QED) is 0.369. The number of nitrogens with zero attached hydrogens (tertiary/aromatic N) is 1. The Bertz CT molecular complexity index is 1360. The maximum Gasteiger partial charge on any atom is 0.235 e. The number of ether oxygens (including phenoxy) is 4. The molecule has 0 bridgehead atoms. The molecule has 0 saturated carbocycles. The zero-order valence-electron chi connectivity index (χ0n) is 19.1. The van der Waals surface area contributed by atoms with Gasteiger partial charge in [-0.05, 0) is 48.9 Å². The third-order valence-corrected chi connectivity index (χ3v) is 5.69. The third kappa shape index (κ3) is 4.30. The van der Waals surface area contributed by atoms with Gasteiger partial charge in [0.2, 0.25) is 11.2 Å². The van der Waals surface area contributed by atoms with Crippen LogP contribution in [0.5, 0.6) is 28.7 Å². The van der Waals surface area contributed by atoms with Gasteiger partial charge in [-0.15, -0.1) is 0 Å². The van der Waals surface area contributed by atoms with E-state index < -0.39 is 0 Å². The summed E-state index contributed by atoms with van der Waals surface area (Å²) in [6.07, 6.45) is 1.36. The zero-order chi connectivity index (χ0) is 23.5. The van der Waals surface area contributed by atoms with E-state index in [2.05, 4.69) is 4.90 Å². The minimum absolute atomic E-state index is 0.103. The van der Waals surface area contributed by atoms with Crippen molar-refractivity contribution in [1.29, 1.82) is 0 Å². The number of benzene rings is 3. The second-order valence-corrected chi connectivity index (χ2v) is 7.94. The average molecular weight is 459 g/mol. The second-order valence-electron chi connectivity index (χ2n) is 7.94. The van der Waals surface area contributed by atoms with Crippen molar-refractivity contribution >= 4 is 11.0 Å². The molecule has 1 aliphatic heterocycles. The van der Waals surface area contributed by atoms with Crippen molar-refractivity contribution in [3.8, 4) is 28.7 Å². The molecule has 0 spiro atoms. The third-order valence-electron chi connectivity index (χ3n) is 5.69. The molecule has 5 rings (SSSR count).